The van der Waals surface area contributed by atoms with Crippen molar-refractivity contribution < 1.29 is 0 Å². The molecule has 1 aliphatic rings. The fourth-order valence-corrected chi connectivity index (χ4v) is 2.80. The molecule has 1 saturated carbocycles. The molecular formula is C14H24N4S. The minimum atomic E-state index is 0.406. The second-order valence-corrected chi connectivity index (χ2v) is 7.08. The molecule has 1 atom stereocenters. The van der Waals surface area contributed by atoms with Gasteiger partial charge in [0.2, 0.25) is 0 Å². The van der Waals surface area contributed by atoms with Gasteiger partial charge in [0.15, 0.2) is 5.96 Å². The van der Waals surface area contributed by atoms with Gasteiger partial charge in [0.1, 0.15) is 5.01 Å². The van der Waals surface area contributed by atoms with E-state index in [2.05, 4.69) is 53.7 Å². The summed E-state index contributed by atoms with van der Waals surface area (Å²) < 4.78 is 0. The van der Waals surface area contributed by atoms with Crippen molar-refractivity contribution >= 4 is 17.3 Å². The van der Waals surface area contributed by atoms with E-state index in [1.807, 2.05) is 7.05 Å². The zero-order valence-electron chi connectivity index (χ0n) is 12.4. The summed E-state index contributed by atoms with van der Waals surface area (Å²) in [4.78, 5) is 8.87. The Morgan fingerprint density at radius 3 is 2.74 bits per heavy atom. The summed E-state index contributed by atoms with van der Waals surface area (Å²) in [5.74, 6) is 1.37. The number of hydrogen-bond acceptors (Lipinski definition) is 3. The summed E-state index contributed by atoms with van der Waals surface area (Å²) in [6, 6.07) is 0.543. The quantitative estimate of drug-likeness (QED) is 0.658. The van der Waals surface area contributed by atoms with E-state index < -0.39 is 0 Å². The molecule has 1 unspecified atom stereocenters. The monoisotopic (exact) mass is 280 g/mol. The summed E-state index contributed by atoms with van der Waals surface area (Å²) in [5.41, 5.74) is 1.58. The molecule has 19 heavy (non-hydrogen) atoms. The highest BCUT2D eigenvalue weighted by molar-refractivity contribution is 7.09. The number of hydrogen-bond donors (Lipinski definition) is 2. The molecule has 1 heterocycles. The van der Waals surface area contributed by atoms with Crippen molar-refractivity contribution in [1.82, 2.24) is 15.6 Å². The van der Waals surface area contributed by atoms with E-state index in [1.165, 1.54) is 12.1 Å². The molecule has 0 radical (unpaired) electrons. The lowest BCUT2D eigenvalue weighted by Gasteiger charge is -2.12. The van der Waals surface area contributed by atoms with Crippen molar-refractivity contribution in [1.29, 1.82) is 0 Å². The van der Waals surface area contributed by atoms with Crippen molar-refractivity contribution in [2.24, 2.45) is 10.4 Å². The van der Waals surface area contributed by atoms with E-state index in [1.54, 1.807) is 11.3 Å². The molecule has 0 aromatic carbocycles. The van der Waals surface area contributed by atoms with E-state index in [4.69, 9.17) is 0 Å². The predicted octanol–water partition coefficient (Wildman–Crippen LogP) is 2.73. The molecule has 1 aliphatic carbocycles. The number of aliphatic imine (C=N–C) groups is 1. The van der Waals surface area contributed by atoms with Crippen molar-refractivity contribution in [3.63, 3.8) is 0 Å². The van der Waals surface area contributed by atoms with Gasteiger partial charge in [0.25, 0.3) is 0 Å². The van der Waals surface area contributed by atoms with Gasteiger partial charge in [-0.1, -0.05) is 27.7 Å². The van der Waals surface area contributed by atoms with Gasteiger partial charge in [0.05, 0.1) is 12.2 Å². The smallest absolute Gasteiger partial charge is 0.191 e. The molecule has 2 N–H and O–H groups in total. The molecule has 1 aromatic rings. The van der Waals surface area contributed by atoms with Gasteiger partial charge in [-0.05, 0) is 17.8 Å². The zero-order valence-corrected chi connectivity index (χ0v) is 13.3. The first kappa shape index (κ1) is 14.3. The Bertz CT molecular complexity index is 462. The van der Waals surface area contributed by atoms with Crippen molar-refractivity contribution in [2.75, 3.05) is 7.05 Å². The molecule has 5 heteroatoms. The summed E-state index contributed by atoms with van der Waals surface area (Å²) in [6.45, 7) is 9.62. The average molecular weight is 280 g/mol. The van der Waals surface area contributed by atoms with Gasteiger partial charge in [0, 0.05) is 18.5 Å². The fraction of sp³-hybridized carbons (Fsp3) is 0.714. The molecule has 106 valence electrons. The first-order chi connectivity index (χ1) is 8.92. The molecule has 1 fully saturated rings. The van der Waals surface area contributed by atoms with Crippen LogP contribution < -0.4 is 10.6 Å². The summed E-state index contributed by atoms with van der Waals surface area (Å²) >= 11 is 1.71. The number of rotatable bonds is 4. The van der Waals surface area contributed by atoms with E-state index in [-0.39, 0.29) is 0 Å². The minimum Gasteiger partial charge on any atom is -0.353 e. The van der Waals surface area contributed by atoms with Gasteiger partial charge in [-0.2, -0.15) is 0 Å². The number of thiazole rings is 1. The Morgan fingerprint density at radius 1 is 1.58 bits per heavy atom. The van der Waals surface area contributed by atoms with Crippen LogP contribution in [0.1, 0.15) is 50.7 Å². The SMILES string of the molecule is CN=C(NCc1nc(C(C)C)cs1)NC1CC1(C)C. The van der Waals surface area contributed by atoms with Gasteiger partial charge in [-0.25, -0.2) is 4.98 Å². The third-order valence-electron chi connectivity index (χ3n) is 3.62. The molecule has 0 spiro atoms. The van der Waals surface area contributed by atoms with Crippen LogP contribution in [0.3, 0.4) is 0 Å². The van der Waals surface area contributed by atoms with E-state index >= 15 is 0 Å². The largest absolute Gasteiger partial charge is 0.353 e. The van der Waals surface area contributed by atoms with Gasteiger partial charge in [-0.3, -0.25) is 4.99 Å². The first-order valence-electron chi connectivity index (χ1n) is 6.84. The lowest BCUT2D eigenvalue weighted by molar-refractivity contribution is 0.589. The maximum absolute atomic E-state index is 4.61. The molecule has 0 amide bonds. The lowest BCUT2D eigenvalue weighted by atomic mass is 10.2. The van der Waals surface area contributed by atoms with Crippen LogP contribution in [-0.2, 0) is 6.54 Å². The van der Waals surface area contributed by atoms with Crippen LogP contribution in [0.15, 0.2) is 10.4 Å². The van der Waals surface area contributed by atoms with Crippen LogP contribution in [0, 0.1) is 5.41 Å². The van der Waals surface area contributed by atoms with Crippen molar-refractivity contribution in [3.05, 3.63) is 16.1 Å². The van der Waals surface area contributed by atoms with E-state index in [0.717, 1.165) is 17.5 Å². The van der Waals surface area contributed by atoms with Crippen molar-refractivity contribution in [3.8, 4) is 0 Å². The minimum absolute atomic E-state index is 0.406. The van der Waals surface area contributed by atoms with E-state index in [9.17, 15) is 0 Å². The molecular weight excluding hydrogens is 256 g/mol. The van der Waals surface area contributed by atoms with Crippen LogP contribution in [0.25, 0.3) is 0 Å². The normalized spacial score (nSPS) is 21.6. The third-order valence-corrected chi connectivity index (χ3v) is 4.48. The van der Waals surface area contributed by atoms with Crippen LogP contribution in [0.2, 0.25) is 0 Å². The second kappa shape index (κ2) is 5.49. The number of nitrogens with one attached hydrogen (secondary N) is 2. The Balaban J connectivity index is 1.83. The fourth-order valence-electron chi connectivity index (χ4n) is 1.90. The maximum atomic E-state index is 4.61. The third kappa shape index (κ3) is 3.69. The summed E-state index contributed by atoms with van der Waals surface area (Å²) in [6.07, 6.45) is 1.21. The highest BCUT2D eigenvalue weighted by atomic mass is 32.1. The molecule has 1 aromatic heterocycles. The van der Waals surface area contributed by atoms with Crippen LogP contribution in [0.5, 0.6) is 0 Å². The lowest BCUT2D eigenvalue weighted by Crippen LogP contribution is -2.39. The highest BCUT2D eigenvalue weighted by Crippen LogP contribution is 2.44. The van der Waals surface area contributed by atoms with Gasteiger partial charge in [-0.15, -0.1) is 11.3 Å². The Labute approximate surface area is 119 Å². The first-order valence-corrected chi connectivity index (χ1v) is 7.72. The zero-order chi connectivity index (χ0) is 14.0. The van der Waals surface area contributed by atoms with Gasteiger partial charge < -0.3 is 10.6 Å². The standard InChI is InChI=1S/C14H24N4S/c1-9(2)10-8-19-12(17-10)7-16-13(15-5)18-11-6-14(11,3)4/h8-9,11H,6-7H2,1-5H3,(H2,15,16,18). The predicted molar refractivity (Wildman–Crippen MR) is 81.7 cm³/mol. The van der Waals surface area contributed by atoms with E-state index in [0.29, 0.717) is 17.4 Å². The highest BCUT2D eigenvalue weighted by Gasteiger charge is 2.46. The second-order valence-electron chi connectivity index (χ2n) is 6.14. The molecule has 0 saturated heterocycles. The van der Waals surface area contributed by atoms with Gasteiger partial charge >= 0.3 is 0 Å². The van der Waals surface area contributed by atoms with Crippen LogP contribution in [0.4, 0.5) is 0 Å². The number of guanidine groups is 1. The molecule has 4 nitrogen and oxygen atoms in total. The maximum Gasteiger partial charge on any atom is 0.191 e. The Hall–Kier alpha value is -1.10. The molecule has 0 aliphatic heterocycles. The van der Waals surface area contributed by atoms with Crippen molar-refractivity contribution in [2.45, 2.75) is 52.6 Å². The topological polar surface area (TPSA) is 49.3 Å². The Morgan fingerprint density at radius 2 is 2.26 bits per heavy atom. The van der Waals surface area contributed by atoms with Crippen LogP contribution >= 0.6 is 11.3 Å². The number of nitrogens with zero attached hydrogens (tertiary/aromatic N) is 2. The Kier molecular flexibility index (Phi) is 4.13. The average Bonchev–Trinajstić information content (AvgIpc) is 2.79. The molecule has 0 bridgehead atoms. The number of aromatic nitrogens is 1. The summed E-state index contributed by atoms with van der Waals surface area (Å²) in [5, 5.41) is 10.0. The molecule has 2 rings (SSSR count). The summed E-state index contributed by atoms with van der Waals surface area (Å²) in [7, 11) is 1.81. The van der Waals surface area contributed by atoms with Crippen LogP contribution in [-0.4, -0.2) is 24.0 Å².